The summed E-state index contributed by atoms with van der Waals surface area (Å²) in [6, 6.07) is 0. The van der Waals surface area contributed by atoms with Gasteiger partial charge in [0.1, 0.15) is 5.78 Å². The molecule has 0 spiro atoms. The average Bonchev–Trinajstić information content (AvgIpc) is 2.20. The number of Topliss-reactive ketones (excluding diaryl/α,β-unsaturated/α-hetero) is 1. The summed E-state index contributed by atoms with van der Waals surface area (Å²) < 4.78 is 0. The van der Waals surface area contributed by atoms with Crippen molar-refractivity contribution in [3.63, 3.8) is 0 Å². The Labute approximate surface area is 88.3 Å². The zero-order valence-electron chi connectivity index (χ0n) is 10.1. The molecule has 82 valence electrons. The molecular formula is C13H24O. The molecule has 0 radical (unpaired) electrons. The van der Waals surface area contributed by atoms with Crippen LogP contribution in [0.4, 0.5) is 0 Å². The molecular weight excluding hydrogens is 172 g/mol. The lowest BCUT2D eigenvalue weighted by molar-refractivity contribution is -0.124. The fourth-order valence-corrected chi connectivity index (χ4v) is 2.85. The summed E-state index contributed by atoms with van der Waals surface area (Å²) in [4.78, 5) is 11.5. The van der Waals surface area contributed by atoms with Crippen molar-refractivity contribution in [3.8, 4) is 0 Å². The second-order valence-corrected chi connectivity index (χ2v) is 5.23. The number of hydrogen-bond donors (Lipinski definition) is 0. The summed E-state index contributed by atoms with van der Waals surface area (Å²) in [6.07, 6.45) is 5.16. The van der Waals surface area contributed by atoms with Crippen molar-refractivity contribution in [2.75, 3.05) is 0 Å². The summed E-state index contributed by atoms with van der Waals surface area (Å²) in [5, 5.41) is 0. The maximum Gasteiger partial charge on any atom is 0.133 e. The molecule has 2 unspecified atom stereocenters. The van der Waals surface area contributed by atoms with Gasteiger partial charge in [-0.25, -0.2) is 0 Å². The second-order valence-electron chi connectivity index (χ2n) is 5.23. The maximum atomic E-state index is 11.5. The van der Waals surface area contributed by atoms with E-state index >= 15 is 0 Å². The molecule has 1 nitrogen and oxygen atoms in total. The van der Waals surface area contributed by atoms with Crippen LogP contribution < -0.4 is 0 Å². The Kier molecular flexibility index (Phi) is 3.74. The number of rotatable bonds is 3. The second kappa shape index (κ2) is 4.46. The van der Waals surface area contributed by atoms with Crippen LogP contribution in [-0.2, 0) is 4.79 Å². The summed E-state index contributed by atoms with van der Waals surface area (Å²) in [6.45, 7) is 9.19. The molecule has 0 heterocycles. The molecule has 1 aliphatic rings. The number of hydrogen-bond acceptors (Lipinski definition) is 1. The molecule has 0 aliphatic heterocycles. The van der Waals surface area contributed by atoms with Gasteiger partial charge in [0.25, 0.3) is 0 Å². The van der Waals surface area contributed by atoms with Gasteiger partial charge in [0.05, 0.1) is 0 Å². The SMILES string of the molecule is CCC(C)(CC)C1CC(=O)CCC1C. The van der Waals surface area contributed by atoms with E-state index in [4.69, 9.17) is 0 Å². The molecule has 1 aliphatic carbocycles. The summed E-state index contributed by atoms with van der Waals surface area (Å²) in [5.74, 6) is 1.84. The van der Waals surface area contributed by atoms with Gasteiger partial charge in [-0.1, -0.05) is 40.5 Å². The first kappa shape index (κ1) is 11.7. The summed E-state index contributed by atoms with van der Waals surface area (Å²) in [5.41, 5.74) is 0.384. The van der Waals surface area contributed by atoms with Crippen LogP contribution in [0.25, 0.3) is 0 Å². The monoisotopic (exact) mass is 196 g/mol. The van der Waals surface area contributed by atoms with Crippen molar-refractivity contribution in [1.82, 2.24) is 0 Å². The van der Waals surface area contributed by atoms with Crippen molar-refractivity contribution in [2.45, 2.75) is 59.8 Å². The van der Waals surface area contributed by atoms with E-state index < -0.39 is 0 Å². The number of carbonyl (C=O) groups is 1. The highest BCUT2D eigenvalue weighted by Crippen LogP contribution is 2.45. The van der Waals surface area contributed by atoms with Gasteiger partial charge in [-0.3, -0.25) is 4.79 Å². The number of ketones is 1. The third-order valence-corrected chi connectivity index (χ3v) is 4.52. The van der Waals surface area contributed by atoms with E-state index in [1.54, 1.807) is 0 Å². The Balaban J connectivity index is 2.77. The van der Waals surface area contributed by atoms with Crippen molar-refractivity contribution in [1.29, 1.82) is 0 Å². The smallest absolute Gasteiger partial charge is 0.133 e. The fourth-order valence-electron chi connectivity index (χ4n) is 2.85. The molecule has 0 N–H and O–H groups in total. The summed E-state index contributed by atoms with van der Waals surface area (Å²) >= 11 is 0. The number of carbonyl (C=O) groups excluding carboxylic acids is 1. The van der Waals surface area contributed by atoms with Gasteiger partial charge in [0.2, 0.25) is 0 Å². The molecule has 1 fully saturated rings. The zero-order valence-corrected chi connectivity index (χ0v) is 10.1. The maximum absolute atomic E-state index is 11.5. The van der Waals surface area contributed by atoms with Crippen molar-refractivity contribution < 1.29 is 4.79 Å². The highest BCUT2D eigenvalue weighted by molar-refractivity contribution is 5.79. The fraction of sp³-hybridized carbons (Fsp3) is 0.923. The molecule has 1 rings (SSSR count). The molecule has 0 aromatic heterocycles. The third-order valence-electron chi connectivity index (χ3n) is 4.52. The van der Waals surface area contributed by atoms with Crippen molar-refractivity contribution in [3.05, 3.63) is 0 Å². The van der Waals surface area contributed by atoms with Crippen LogP contribution >= 0.6 is 0 Å². The van der Waals surface area contributed by atoms with E-state index in [2.05, 4.69) is 27.7 Å². The van der Waals surface area contributed by atoms with Gasteiger partial charge in [-0.2, -0.15) is 0 Å². The Bertz CT molecular complexity index is 203. The first-order valence-corrected chi connectivity index (χ1v) is 6.05. The quantitative estimate of drug-likeness (QED) is 0.670. The van der Waals surface area contributed by atoms with Gasteiger partial charge in [0, 0.05) is 12.8 Å². The van der Waals surface area contributed by atoms with E-state index in [1.807, 2.05) is 0 Å². The highest BCUT2D eigenvalue weighted by Gasteiger charge is 2.38. The topological polar surface area (TPSA) is 17.1 Å². The minimum Gasteiger partial charge on any atom is -0.300 e. The van der Waals surface area contributed by atoms with Crippen molar-refractivity contribution >= 4 is 5.78 Å². The van der Waals surface area contributed by atoms with E-state index in [9.17, 15) is 4.79 Å². The molecule has 2 atom stereocenters. The zero-order chi connectivity index (χ0) is 10.8. The van der Waals surface area contributed by atoms with Gasteiger partial charge >= 0.3 is 0 Å². The van der Waals surface area contributed by atoms with Gasteiger partial charge in [-0.15, -0.1) is 0 Å². The van der Waals surface area contributed by atoms with Crippen LogP contribution in [0.1, 0.15) is 59.8 Å². The van der Waals surface area contributed by atoms with E-state index in [0.29, 0.717) is 17.1 Å². The van der Waals surface area contributed by atoms with Crippen LogP contribution in [0.15, 0.2) is 0 Å². The first-order chi connectivity index (χ1) is 6.53. The Morgan fingerprint density at radius 1 is 1.36 bits per heavy atom. The molecule has 14 heavy (non-hydrogen) atoms. The summed E-state index contributed by atoms with van der Waals surface area (Å²) in [7, 11) is 0. The molecule has 0 saturated heterocycles. The van der Waals surface area contributed by atoms with E-state index in [-0.39, 0.29) is 0 Å². The highest BCUT2D eigenvalue weighted by atomic mass is 16.1. The van der Waals surface area contributed by atoms with Crippen LogP contribution in [0.2, 0.25) is 0 Å². The average molecular weight is 196 g/mol. The van der Waals surface area contributed by atoms with Gasteiger partial charge in [-0.05, 0) is 23.7 Å². The largest absolute Gasteiger partial charge is 0.300 e. The molecule has 0 amide bonds. The lowest BCUT2D eigenvalue weighted by Gasteiger charge is -2.42. The van der Waals surface area contributed by atoms with E-state index in [1.165, 1.54) is 12.8 Å². The van der Waals surface area contributed by atoms with Crippen LogP contribution in [0.3, 0.4) is 0 Å². The normalized spacial score (nSPS) is 29.3. The van der Waals surface area contributed by atoms with Gasteiger partial charge in [0.15, 0.2) is 0 Å². The first-order valence-electron chi connectivity index (χ1n) is 6.05. The molecule has 1 heteroatoms. The van der Waals surface area contributed by atoms with E-state index in [0.717, 1.165) is 25.2 Å². The lowest BCUT2D eigenvalue weighted by atomic mass is 9.62. The van der Waals surface area contributed by atoms with Crippen molar-refractivity contribution in [2.24, 2.45) is 17.3 Å². The molecule has 0 bridgehead atoms. The van der Waals surface area contributed by atoms with Crippen LogP contribution in [0, 0.1) is 17.3 Å². The predicted molar refractivity (Wildman–Crippen MR) is 60.2 cm³/mol. The Morgan fingerprint density at radius 2 is 1.93 bits per heavy atom. The van der Waals surface area contributed by atoms with Crippen LogP contribution in [0.5, 0.6) is 0 Å². The minimum atomic E-state index is 0.384. The molecule has 0 aromatic rings. The third kappa shape index (κ3) is 2.18. The predicted octanol–water partition coefficient (Wildman–Crippen LogP) is 3.82. The van der Waals surface area contributed by atoms with Crippen LogP contribution in [-0.4, -0.2) is 5.78 Å². The Morgan fingerprint density at radius 3 is 2.43 bits per heavy atom. The molecule has 0 aromatic carbocycles. The molecule has 1 saturated carbocycles. The lowest BCUT2D eigenvalue weighted by Crippen LogP contribution is -2.36. The minimum absolute atomic E-state index is 0.384. The Hall–Kier alpha value is -0.330. The van der Waals surface area contributed by atoms with Gasteiger partial charge < -0.3 is 0 Å². The standard InChI is InChI=1S/C13H24O/c1-5-13(4,6-2)12-9-11(14)8-7-10(12)3/h10,12H,5-9H2,1-4H3.